The van der Waals surface area contributed by atoms with E-state index in [0.717, 1.165) is 27.8 Å². The summed E-state index contributed by atoms with van der Waals surface area (Å²) in [6.07, 6.45) is 1.08. The Hall–Kier alpha value is -1.32. The Kier molecular flexibility index (Phi) is 4.32. The fraction of sp³-hybridized carbons (Fsp3) is 0.235. The first kappa shape index (κ1) is 14.6. The molecule has 108 valence electrons. The maximum absolute atomic E-state index is 12.6. The quantitative estimate of drug-likeness (QED) is 0.782. The lowest BCUT2D eigenvalue weighted by Crippen LogP contribution is -2.22. The van der Waals surface area contributed by atoms with Crippen LogP contribution in [0.3, 0.4) is 0 Å². The van der Waals surface area contributed by atoms with E-state index in [4.69, 9.17) is 16.3 Å². The Balaban J connectivity index is 1.83. The minimum atomic E-state index is -0.102. The van der Waals surface area contributed by atoms with Crippen molar-refractivity contribution in [2.75, 3.05) is 6.61 Å². The van der Waals surface area contributed by atoms with Crippen molar-refractivity contribution in [1.82, 2.24) is 0 Å². The molecule has 1 aliphatic rings. The Bertz CT molecular complexity index is 684. The molecule has 2 nitrogen and oxygen atoms in total. The van der Waals surface area contributed by atoms with Gasteiger partial charge in [0.2, 0.25) is 0 Å². The highest BCUT2D eigenvalue weighted by Crippen LogP contribution is 2.35. The van der Waals surface area contributed by atoms with Crippen LogP contribution in [-0.4, -0.2) is 12.4 Å². The average Bonchev–Trinajstić information content (AvgIpc) is 2.49. The molecule has 4 heteroatoms. The van der Waals surface area contributed by atoms with Crippen LogP contribution in [0.2, 0.25) is 5.02 Å². The highest BCUT2D eigenvalue weighted by molar-refractivity contribution is 9.10. The highest BCUT2D eigenvalue weighted by Gasteiger charge is 2.27. The molecule has 1 unspecified atom stereocenters. The second kappa shape index (κ2) is 6.20. The van der Waals surface area contributed by atoms with E-state index in [1.807, 2.05) is 42.5 Å². The summed E-state index contributed by atoms with van der Waals surface area (Å²) < 4.78 is 6.53. The molecule has 0 amide bonds. The lowest BCUT2D eigenvalue weighted by molar-refractivity contribution is -0.120. The Morgan fingerprint density at radius 3 is 2.90 bits per heavy atom. The first-order valence-electron chi connectivity index (χ1n) is 6.83. The number of hydrogen-bond acceptors (Lipinski definition) is 2. The average molecular weight is 366 g/mol. The maximum atomic E-state index is 12.6. The fourth-order valence-corrected chi connectivity index (χ4v) is 3.39. The smallest absolute Gasteiger partial charge is 0.145 e. The summed E-state index contributed by atoms with van der Waals surface area (Å²) >= 11 is 9.58. The number of carbonyl (C=O) groups excluding carboxylic acids is 1. The molecule has 0 radical (unpaired) electrons. The van der Waals surface area contributed by atoms with Crippen molar-refractivity contribution in [3.05, 3.63) is 63.1 Å². The first-order chi connectivity index (χ1) is 10.1. The topological polar surface area (TPSA) is 26.3 Å². The maximum Gasteiger partial charge on any atom is 0.145 e. The molecule has 1 aliphatic heterocycles. The zero-order chi connectivity index (χ0) is 14.8. The zero-order valence-electron chi connectivity index (χ0n) is 11.3. The molecule has 0 aromatic heterocycles. The van der Waals surface area contributed by atoms with Crippen LogP contribution in [0.1, 0.15) is 23.5 Å². The van der Waals surface area contributed by atoms with E-state index in [1.165, 1.54) is 0 Å². The number of carbonyl (C=O) groups is 1. The van der Waals surface area contributed by atoms with Crippen LogP contribution < -0.4 is 4.74 Å². The second-order valence-corrected chi connectivity index (χ2v) is 6.43. The van der Waals surface area contributed by atoms with E-state index < -0.39 is 0 Å². The SMILES string of the molecule is O=C(Cc1ccc(Br)cc1Cl)C1CCOc2ccccc21. The summed E-state index contributed by atoms with van der Waals surface area (Å²) in [5, 5.41) is 0.623. The molecule has 2 aromatic rings. The van der Waals surface area contributed by atoms with Gasteiger partial charge in [0.15, 0.2) is 0 Å². The molecule has 0 fully saturated rings. The van der Waals surface area contributed by atoms with E-state index in [-0.39, 0.29) is 11.7 Å². The van der Waals surface area contributed by atoms with Crippen molar-refractivity contribution in [2.45, 2.75) is 18.8 Å². The van der Waals surface area contributed by atoms with Gasteiger partial charge in [0, 0.05) is 27.4 Å². The van der Waals surface area contributed by atoms with Crippen LogP contribution in [0.15, 0.2) is 46.9 Å². The van der Waals surface area contributed by atoms with Crippen molar-refractivity contribution in [1.29, 1.82) is 0 Å². The third-order valence-electron chi connectivity index (χ3n) is 3.73. The second-order valence-electron chi connectivity index (χ2n) is 5.11. The molecular formula is C17H14BrClO2. The van der Waals surface area contributed by atoms with Crippen LogP contribution in [-0.2, 0) is 11.2 Å². The number of ketones is 1. The largest absolute Gasteiger partial charge is 0.493 e. The number of hydrogen-bond donors (Lipinski definition) is 0. The van der Waals surface area contributed by atoms with Gasteiger partial charge in [-0.15, -0.1) is 0 Å². The van der Waals surface area contributed by atoms with E-state index >= 15 is 0 Å². The summed E-state index contributed by atoms with van der Waals surface area (Å²) in [5.41, 5.74) is 1.86. The van der Waals surface area contributed by atoms with Crippen LogP contribution in [0.4, 0.5) is 0 Å². The van der Waals surface area contributed by atoms with Gasteiger partial charge in [-0.05, 0) is 30.2 Å². The molecule has 2 aromatic carbocycles. The van der Waals surface area contributed by atoms with Crippen LogP contribution in [0.25, 0.3) is 0 Å². The molecule has 1 atom stereocenters. The summed E-state index contributed by atoms with van der Waals surface area (Å²) in [4.78, 5) is 12.6. The molecule has 0 bridgehead atoms. The zero-order valence-corrected chi connectivity index (χ0v) is 13.7. The molecule has 1 heterocycles. The first-order valence-corrected chi connectivity index (χ1v) is 8.00. The molecular weight excluding hydrogens is 352 g/mol. The Labute approximate surface area is 137 Å². The minimum absolute atomic E-state index is 0.102. The molecule has 0 saturated heterocycles. The third-order valence-corrected chi connectivity index (χ3v) is 4.57. The number of benzene rings is 2. The molecule has 0 N–H and O–H groups in total. The summed E-state index contributed by atoms with van der Waals surface area (Å²) in [6, 6.07) is 13.4. The van der Waals surface area contributed by atoms with Gasteiger partial charge in [-0.3, -0.25) is 4.79 Å². The number of rotatable bonds is 3. The van der Waals surface area contributed by atoms with Gasteiger partial charge < -0.3 is 4.74 Å². The molecule has 0 aliphatic carbocycles. The van der Waals surface area contributed by atoms with Crippen molar-refractivity contribution in [2.24, 2.45) is 0 Å². The monoisotopic (exact) mass is 364 g/mol. The number of para-hydroxylation sites is 1. The highest BCUT2D eigenvalue weighted by atomic mass is 79.9. The van der Waals surface area contributed by atoms with Gasteiger partial charge in [0.1, 0.15) is 11.5 Å². The van der Waals surface area contributed by atoms with Gasteiger partial charge >= 0.3 is 0 Å². The van der Waals surface area contributed by atoms with E-state index in [1.54, 1.807) is 0 Å². The summed E-state index contributed by atoms with van der Waals surface area (Å²) in [5.74, 6) is 0.911. The number of ether oxygens (including phenoxy) is 1. The van der Waals surface area contributed by atoms with E-state index in [0.29, 0.717) is 18.1 Å². The summed E-state index contributed by atoms with van der Waals surface area (Å²) in [6.45, 7) is 0.585. The van der Waals surface area contributed by atoms with Crippen LogP contribution in [0.5, 0.6) is 5.75 Å². The van der Waals surface area contributed by atoms with Crippen molar-refractivity contribution >= 4 is 33.3 Å². The van der Waals surface area contributed by atoms with Crippen molar-refractivity contribution in [3.63, 3.8) is 0 Å². The molecule has 21 heavy (non-hydrogen) atoms. The molecule has 0 spiro atoms. The van der Waals surface area contributed by atoms with Gasteiger partial charge in [-0.1, -0.05) is 51.8 Å². The Morgan fingerprint density at radius 1 is 1.29 bits per heavy atom. The van der Waals surface area contributed by atoms with Crippen LogP contribution >= 0.6 is 27.5 Å². The van der Waals surface area contributed by atoms with Gasteiger partial charge in [0.05, 0.1) is 6.61 Å². The lowest BCUT2D eigenvalue weighted by Gasteiger charge is -2.25. The van der Waals surface area contributed by atoms with Gasteiger partial charge in [0.25, 0.3) is 0 Å². The van der Waals surface area contributed by atoms with Crippen molar-refractivity contribution < 1.29 is 9.53 Å². The number of halogens is 2. The minimum Gasteiger partial charge on any atom is -0.493 e. The van der Waals surface area contributed by atoms with Gasteiger partial charge in [-0.25, -0.2) is 0 Å². The summed E-state index contributed by atoms with van der Waals surface area (Å²) in [7, 11) is 0. The third kappa shape index (κ3) is 3.14. The predicted octanol–water partition coefficient (Wildman–Crippen LogP) is 4.78. The van der Waals surface area contributed by atoms with E-state index in [2.05, 4.69) is 15.9 Å². The lowest BCUT2D eigenvalue weighted by atomic mass is 9.87. The Morgan fingerprint density at radius 2 is 2.10 bits per heavy atom. The predicted molar refractivity (Wildman–Crippen MR) is 87.2 cm³/mol. The number of Topliss-reactive ketones (excluding diaryl/α,β-unsaturated/α-hetero) is 1. The van der Waals surface area contributed by atoms with Crippen LogP contribution in [0, 0.1) is 0 Å². The van der Waals surface area contributed by atoms with E-state index in [9.17, 15) is 4.79 Å². The normalized spacial score (nSPS) is 17.0. The molecule has 3 rings (SSSR count). The fourth-order valence-electron chi connectivity index (χ4n) is 2.65. The van der Waals surface area contributed by atoms with Gasteiger partial charge in [-0.2, -0.15) is 0 Å². The number of fused-ring (bicyclic) bond motifs is 1. The molecule has 0 saturated carbocycles. The van der Waals surface area contributed by atoms with Crippen molar-refractivity contribution in [3.8, 4) is 5.75 Å². The standard InChI is InChI=1S/C17H14BrClO2/c18-12-6-5-11(15(19)10-12)9-16(20)13-7-8-21-17-4-2-1-3-14(13)17/h1-6,10,13H,7-9H2.